The Bertz CT molecular complexity index is 200. The first kappa shape index (κ1) is 12.5. The lowest BCUT2D eigenvalue weighted by atomic mass is 9.95. The van der Waals surface area contributed by atoms with Crippen molar-refractivity contribution in [1.29, 1.82) is 0 Å². The zero-order valence-electron chi connectivity index (χ0n) is 9.83. The van der Waals surface area contributed by atoms with E-state index < -0.39 is 0 Å². The number of nitrogens with one attached hydrogen (secondary N) is 1. The molecule has 0 bridgehead atoms. The first-order chi connectivity index (χ1) is 7.19. The van der Waals surface area contributed by atoms with E-state index in [0.717, 1.165) is 38.9 Å². The van der Waals surface area contributed by atoms with Crippen molar-refractivity contribution < 1.29 is 4.79 Å². The molecule has 0 saturated carbocycles. The van der Waals surface area contributed by atoms with Gasteiger partial charge in [0.05, 0.1) is 0 Å². The van der Waals surface area contributed by atoms with Crippen LogP contribution in [-0.4, -0.2) is 43.5 Å². The molecule has 88 valence electrons. The number of likely N-dealkylation sites (tertiary alicyclic amines) is 1. The van der Waals surface area contributed by atoms with Crippen molar-refractivity contribution in [3.63, 3.8) is 0 Å². The molecule has 0 aromatic rings. The summed E-state index contributed by atoms with van der Waals surface area (Å²) in [5, 5.41) is 2.73. The minimum atomic E-state index is 0.195. The van der Waals surface area contributed by atoms with Crippen molar-refractivity contribution in [1.82, 2.24) is 10.2 Å². The molecule has 1 atom stereocenters. The maximum Gasteiger partial charge on any atom is 0.222 e. The Morgan fingerprint density at radius 3 is 2.60 bits per heavy atom. The molecule has 1 aliphatic rings. The zero-order valence-corrected chi connectivity index (χ0v) is 9.83. The highest BCUT2D eigenvalue weighted by molar-refractivity contribution is 5.78. The maximum atomic E-state index is 11.4. The average Bonchev–Trinajstić information content (AvgIpc) is 2.28. The molecule has 1 saturated heterocycles. The second kappa shape index (κ2) is 6.08. The van der Waals surface area contributed by atoms with Crippen LogP contribution in [0.4, 0.5) is 0 Å². The summed E-state index contributed by atoms with van der Waals surface area (Å²) in [5.74, 6) is 0.414. The lowest BCUT2D eigenvalue weighted by molar-refractivity contribution is -0.126. The highest BCUT2D eigenvalue weighted by Crippen LogP contribution is 2.19. The van der Waals surface area contributed by atoms with Crippen LogP contribution < -0.4 is 11.1 Å². The molecular weight excluding hydrogens is 190 g/mol. The minimum absolute atomic E-state index is 0.195. The molecule has 4 nitrogen and oxygen atoms in total. The van der Waals surface area contributed by atoms with E-state index in [4.69, 9.17) is 5.73 Å². The first-order valence-electron chi connectivity index (χ1n) is 5.84. The molecule has 0 spiro atoms. The van der Waals surface area contributed by atoms with Crippen LogP contribution in [0.2, 0.25) is 0 Å². The smallest absolute Gasteiger partial charge is 0.222 e. The van der Waals surface area contributed by atoms with Gasteiger partial charge in [-0.15, -0.1) is 0 Å². The Balaban J connectivity index is 2.32. The predicted octanol–water partition coefficient (Wildman–Crippen LogP) is 0.182. The van der Waals surface area contributed by atoms with Gasteiger partial charge in [-0.05, 0) is 45.8 Å². The van der Waals surface area contributed by atoms with Gasteiger partial charge in [0.25, 0.3) is 0 Å². The fourth-order valence-corrected chi connectivity index (χ4v) is 2.23. The van der Waals surface area contributed by atoms with Gasteiger partial charge in [0.2, 0.25) is 5.91 Å². The predicted molar refractivity (Wildman–Crippen MR) is 61.5 cm³/mol. The van der Waals surface area contributed by atoms with E-state index in [9.17, 15) is 4.79 Å². The maximum absolute atomic E-state index is 11.4. The fraction of sp³-hybridized carbons (Fsp3) is 0.909. The molecule has 15 heavy (non-hydrogen) atoms. The van der Waals surface area contributed by atoms with E-state index >= 15 is 0 Å². The van der Waals surface area contributed by atoms with Crippen molar-refractivity contribution in [3.8, 4) is 0 Å². The molecule has 1 heterocycles. The summed E-state index contributed by atoms with van der Waals surface area (Å²) in [5.41, 5.74) is 5.54. The minimum Gasteiger partial charge on any atom is -0.359 e. The lowest BCUT2D eigenvalue weighted by Crippen LogP contribution is -2.43. The summed E-state index contributed by atoms with van der Waals surface area (Å²) in [6, 6.07) is 0.556. The third kappa shape index (κ3) is 3.47. The zero-order chi connectivity index (χ0) is 11.3. The largest absolute Gasteiger partial charge is 0.359 e. The lowest BCUT2D eigenvalue weighted by Gasteiger charge is -2.35. The topological polar surface area (TPSA) is 58.4 Å². The monoisotopic (exact) mass is 213 g/mol. The normalized spacial score (nSPS) is 21.3. The van der Waals surface area contributed by atoms with E-state index in [1.165, 1.54) is 0 Å². The molecule has 4 heteroatoms. The number of hydrogen-bond acceptors (Lipinski definition) is 3. The van der Waals surface area contributed by atoms with Crippen LogP contribution in [0, 0.1) is 5.92 Å². The molecule has 1 unspecified atom stereocenters. The summed E-state index contributed by atoms with van der Waals surface area (Å²) in [4.78, 5) is 13.9. The van der Waals surface area contributed by atoms with Crippen molar-refractivity contribution >= 4 is 5.91 Å². The quantitative estimate of drug-likeness (QED) is 0.700. The molecule has 1 fully saturated rings. The third-order valence-corrected chi connectivity index (χ3v) is 3.35. The molecule has 0 aliphatic carbocycles. The molecule has 0 aromatic heterocycles. The van der Waals surface area contributed by atoms with Crippen LogP contribution in [0.3, 0.4) is 0 Å². The SMILES string of the molecule is CNC(=O)C1CCN(C(C)CCN)CC1. The van der Waals surface area contributed by atoms with E-state index in [2.05, 4.69) is 17.1 Å². The number of carbonyl (C=O) groups is 1. The standard InChI is InChI=1S/C11H23N3O/c1-9(3-6-12)14-7-4-10(5-8-14)11(15)13-2/h9-10H,3-8,12H2,1-2H3,(H,13,15). The highest BCUT2D eigenvalue weighted by Gasteiger charge is 2.25. The van der Waals surface area contributed by atoms with Gasteiger partial charge in [-0.3, -0.25) is 4.79 Å². The Kier molecular flexibility index (Phi) is 5.05. The number of nitrogens with zero attached hydrogens (tertiary/aromatic N) is 1. The number of amides is 1. The van der Waals surface area contributed by atoms with Gasteiger partial charge in [0, 0.05) is 19.0 Å². The third-order valence-electron chi connectivity index (χ3n) is 3.35. The molecule has 0 radical (unpaired) electrons. The number of piperidine rings is 1. The van der Waals surface area contributed by atoms with E-state index in [1.807, 2.05) is 0 Å². The Morgan fingerprint density at radius 1 is 1.53 bits per heavy atom. The van der Waals surface area contributed by atoms with Gasteiger partial charge >= 0.3 is 0 Å². The molecule has 3 N–H and O–H groups in total. The van der Waals surface area contributed by atoms with Crippen molar-refractivity contribution in [2.24, 2.45) is 11.7 Å². The summed E-state index contributed by atoms with van der Waals surface area (Å²) < 4.78 is 0. The van der Waals surface area contributed by atoms with Crippen molar-refractivity contribution in [2.45, 2.75) is 32.2 Å². The Morgan fingerprint density at radius 2 is 2.13 bits per heavy atom. The number of hydrogen-bond donors (Lipinski definition) is 2. The number of nitrogens with two attached hydrogens (primary N) is 1. The Labute approximate surface area is 92.2 Å². The summed E-state index contributed by atoms with van der Waals surface area (Å²) in [7, 11) is 1.71. The van der Waals surface area contributed by atoms with Crippen LogP contribution >= 0.6 is 0 Å². The van der Waals surface area contributed by atoms with E-state index in [1.54, 1.807) is 7.05 Å². The highest BCUT2D eigenvalue weighted by atomic mass is 16.1. The molecular formula is C11H23N3O. The summed E-state index contributed by atoms with van der Waals surface area (Å²) in [6.07, 6.45) is 3.01. The number of carbonyl (C=O) groups excluding carboxylic acids is 1. The van der Waals surface area contributed by atoms with E-state index in [-0.39, 0.29) is 11.8 Å². The van der Waals surface area contributed by atoms with Gasteiger partial charge in [-0.2, -0.15) is 0 Å². The van der Waals surface area contributed by atoms with Gasteiger partial charge in [-0.1, -0.05) is 0 Å². The van der Waals surface area contributed by atoms with Gasteiger partial charge in [0.15, 0.2) is 0 Å². The summed E-state index contributed by atoms with van der Waals surface area (Å²) >= 11 is 0. The van der Waals surface area contributed by atoms with Crippen LogP contribution in [0.5, 0.6) is 0 Å². The van der Waals surface area contributed by atoms with Crippen LogP contribution in [0.25, 0.3) is 0 Å². The van der Waals surface area contributed by atoms with Crippen LogP contribution in [-0.2, 0) is 4.79 Å². The second-order valence-corrected chi connectivity index (χ2v) is 4.35. The van der Waals surface area contributed by atoms with Crippen LogP contribution in [0.1, 0.15) is 26.2 Å². The van der Waals surface area contributed by atoms with Crippen molar-refractivity contribution in [3.05, 3.63) is 0 Å². The number of rotatable bonds is 4. The van der Waals surface area contributed by atoms with Gasteiger partial charge in [-0.25, -0.2) is 0 Å². The van der Waals surface area contributed by atoms with E-state index in [0.29, 0.717) is 6.04 Å². The van der Waals surface area contributed by atoms with Crippen LogP contribution in [0.15, 0.2) is 0 Å². The first-order valence-corrected chi connectivity index (χ1v) is 5.84. The second-order valence-electron chi connectivity index (χ2n) is 4.35. The fourth-order valence-electron chi connectivity index (χ4n) is 2.23. The molecule has 1 rings (SSSR count). The van der Waals surface area contributed by atoms with Gasteiger partial charge in [0.1, 0.15) is 0 Å². The summed E-state index contributed by atoms with van der Waals surface area (Å²) in [6.45, 7) is 5.02. The molecule has 1 amide bonds. The van der Waals surface area contributed by atoms with Gasteiger partial charge < -0.3 is 16.0 Å². The van der Waals surface area contributed by atoms with Crippen molar-refractivity contribution in [2.75, 3.05) is 26.7 Å². The Hall–Kier alpha value is -0.610. The molecule has 1 aliphatic heterocycles. The average molecular weight is 213 g/mol. The molecule has 0 aromatic carbocycles.